The van der Waals surface area contributed by atoms with Crippen LogP contribution in [0.3, 0.4) is 0 Å². The topological polar surface area (TPSA) is 24.1 Å². The van der Waals surface area contributed by atoms with Gasteiger partial charge in [0.2, 0.25) is 0 Å². The summed E-state index contributed by atoms with van der Waals surface area (Å²) >= 11 is 0. The Labute approximate surface area is 147 Å². The van der Waals surface area contributed by atoms with E-state index in [1.54, 1.807) is 0 Å². The molecular formula is C22H32N2. The Bertz CT molecular complexity index is 487. The molecule has 0 aliphatic carbocycles. The highest BCUT2D eigenvalue weighted by Gasteiger charge is 2.03. The Morgan fingerprint density at radius 3 is 1.38 bits per heavy atom. The molecule has 2 N–H and O–H groups in total. The van der Waals surface area contributed by atoms with Crippen molar-refractivity contribution in [3.05, 3.63) is 71.8 Å². The van der Waals surface area contributed by atoms with Crippen molar-refractivity contribution >= 4 is 0 Å². The number of nitrogens with one attached hydrogen (secondary N) is 2. The van der Waals surface area contributed by atoms with Crippen molar-refractivity contribution in [3.8, 4) is 0 Å². The fourth-order valence-electron chi connectivity index (χ4n) is 3.03. The highest BCUT2D eigenvalue weighted by atomic mass is 14.9. The van der Waals surface area contributed by atoms with Crippen molar-refractivity contribution in [2.24, 2.45) is 0 Å². The van der Waals surface area contributed by atoms with E-state index in [0.717, 1.165) is 25.9 Å². The van der Waals surface area contributed by atoms with Gasteiger partial charge in [0.25, 0.3) is 0 Å². The maximum atomic E-state index is 3.63. The van der Waals surface area contributed by atoms with Gasteiger partial charge in [0.05, 0.1) is 0 Å². The van der Waals surface area contributed by atoms with Gasteiger partial charge in [-0.25, -0.2) is 0 Å². The normalized spacial score (nSPS) is 13.6. The molecule has 0 unspecified atom stereocenters. The zero-order chi connectivity index (χ0) is 17.0. The molecule has 130 valence electrons. The standard InChI is InChI=1S/C22H32N2/c1-19(17-21-11-5-3-6-12-21)23-15-9-10-16-24-20(2)18-22-13-7-4-8-14-22/h3-8,11-14,19-20,23-24H,9-10,15-18H2,1-2H3/t19-,20-/m0/s1. The molecule has 2 rings (SSSR count). The number of hydrogen-bond acceptors (Lipinski definition) is 2. The van der Waals surface area contributed by atoms with Crippen LogP contribution in [0.4, 0.5) is 0 Å². The van der Waals surface area contributed by atoms with Gasteiger partial charge in [-0.2, -0.15) is 0 Å². The Morgan fingerprint density at radius 2 is 1.00 bits per heavy atom. The van der Waals surface area contributed by atoms with Crippen molar-refractivity contribution in [2.75, 3.05) is 13.1 Å². The SMILES string of the molecule is C[C@@H](Cc1ccccc1)NCCCCN[C@@H](C)Cc1ccccc1. The predicted octanol–water partition coefficient (Wildman–Crippen LogP) is 4.21. The van der Waals surface area contributed by atoms with Gasteiger partial charge in [0.15, 0.2) is 0 Å². The summed E-state index contributed by atoms with van der Waals surface area (Å²) in [5.74, 6) is 0. The van der Waals surface area contributed by atoms with Crippen LogP contribution in [0.15, 0.2) is 60.7 Å². The van der Waals surface area contributed by atoms with Crippen molar-refractivity contribution in [3.63, 3.8) is 0 Å². The smallest absolute Gasteiger partial charge is 0.00791 e. The maximum absolute atomic E-state index is 3.63. The second-order valence-corrected chi connectivity index (χ2v) is 6.80. The Hall–Kier alpha value is -1.64. The van der Waals surface area contributed by atoms with Crippen LogP contribution in [-0.4, -0.2) is 25.2 Å². The van der Waals surface area contributed by atoms with Crippen molar-refractivity contribution in [1.29, 1.82) is 0 Å². The number of unbranched alkanes of at least 4 members (excludes halogenated alkanes) is 1. The van der Waals surface area contributed by atoms with Gasteiger partial charge >= 0.3 is 0 Å². The minimum atomic E-state index is 0.539. The van der Waals surface area contributed by atoms with Crippen molar-refractivity contribution < 1.29 is 0 Å². The van der Waals surface area contributed by atoms with E-state index in [4.69, 9.17) is 0 Å². The monoisotopic (exact) mass is 324 g/mol. The van der Waals surface area contributed by atoms with Gasteiger partial charge in [-0.05, 0) is 63.7 Å². The van der Waals surface area contributed by atoms with Crippen LogP contribution in [0.1, 0.15) is 37.8 Å². The lowest BCUT2D eigenvalue weighted by Gasteiger charge is -2.15. The average molecular weight is 325 g/mol. The summed E-state index contributed by atoms with van der Waals surface area (Å²) in [6, 6.07) is 22.5. The molecule has 2 heteroatoms. The van der Waals surface area contributed by atoms with Crippen LogP contribution < -0.4 is 10.6 Å². The lowest BCUT2D eigenvalue weighted by atomic mass is 10.1. The largest absolute Gasteiger partial charge is 0.314 e. The molecule has 0 saturated heterocycles. The molecule has 0 aliphatic rings. The quantitative estimate of drug-likeness (QED) is 0.605. The fraction of sp³-hybridized carbons (Fsp3) is 0.455. The molecule has 0 spiro atoms. The van der Waals surface area contributed by atoms with Gasteiger partial charge in [0.1, 0.15) is 0 Å². The minimum Gasteiger partial charge on any atom is -0.314 e. The first-order valence-electron chi connectivity index (χ1n) is 9.28. The third kappa shape index (κ3) is 7.76. The highest BCUT2D eigenvalue weighted by molar-refractivity contribution is 5.16. The molecule has 2 aromatic carbocycles. The Morgan fingerprint density at radius 1 is 0.625 bits per heavy atom. The Balaban J connectivity index is 1.49. The molecule has 2 nitrogen and oxygen atoms in total. The first-order chi connectivity index (χ1) is 11.7. The summed E-state index contributed by atoms with van der Waals surface area (Å²) in [7, 11) is 0. The third-order valence-electron chi connectivity index (χ3n) is 4.36. The third-order valence-corrected chi connectivity index (χ3v) is 4.36. The van der Waals surface area contributed by atoms with Gasteiger partial charge < -0.3 is 10.6 Å². The van der Waals surface area contributed by atoms with Crippen LogP contribution in [0, 0.1) is 0 Å². The van der Waals surface area contributed by atoms with E-state index in [1.165, 1.54) is 24.0 Å². The lowest BCUT2D eigenvalue weighted by Crippen LogP contribution is -2.31. The molecule has 2 atom stereocenters. The lowest BCUT2D eigenvalue weighted by molar-refractivity contribution is 0.492. The summed E-state index contributed by atoms with van der Waals surface area (Å²) in [4.78, 5) is 0. The molecule has 0 bridgehead atoms. The summed E-state index contributed by atoms with van der Waals surface area (Å²) in [6.07, 6.45) is 4.66. The van der Waals surface area contributed by atoms with Crippen LogP contribution in [-0.2, 0) is 12.8 Å². The van der Waals surface area contributed by atoms with Crippen molar-refractivity contribution in [2.45, 2.75) is 51.6 Å². The maximum Gasteiger partial charge on any atom is 0.00791 e. The second-order valence-electron chi connectivity index (χ2n) is 6.80. The van der Waals surface area contributed by atoms with Gasteiger partial charge in [0, 0.05) is 12.1 Å². The number of benzene rings is 2. The van der Waals surface area contributed by atoms with Gasteiger partial charge in [-0.3, -0.25) is 0 Å². The van der Waals surface area contributed by atoms with E-state index in [2.05, 4.69) is 85.1 Å². The van der Waals surface area contributed by atoms with E-state index >= 15 is 0 Å². The first kappa shape index (κ1) is 18.7. The first-order valence-corrected chi connectivity index (χ1v) is 9.28. The van der Waals surface area contributed by atoms with E-state index in [0.29, 0.717) is 12.1 Å². The molecule has 0 fully saturated rings. The second kappa shape index (κ2) is 11.0. The highest BCUT2D eigenvalue weighted by Crippen LogP contribution is 2.04. The molecule has 0 amide bonds. The molecule has 0 heterocycles. The summed E-state index contributed by atoms with van der Waals surface area (Å²) < 4.78 is 0. The van der Waals surface area contributed by atoms with Crippen LogP contribution in [0.25, 0.3) is 0 Å². The minimum absolute atomic E-state index is 0.539. The summed E-state index contributed by atoms with van der Waals surface area (Å²) in [5, 5.41) is 7.26. The fourth-order valence-corrected chi connectivity index (χ4v) is 3.03. The zero-order valence-corrected chi connectivity index (χ0v) is 15.2. The van der Waals surface area contributed by atoms with E-state index in [-0.39, 0.29) is 0 Å². The molecule has 24 heavy (non-hydrogen) atoms. The average Bonchev–Trinajstić information content (AvgIpc) is 2.60. The van der Waals surface area contributed by atoms with Crippen LogP contribution >= 0.6 is 0 Å². The Kier molecular flexibility index (Phi) is 8.58. The summed E-state index contributed by atoms with van der Waals surface area (Å²) in [5.41, 5.74) is 2.82. The van der Waals surface area contributed by atoms with E-state index in [1.807, 2.05) is 0 Å². The summed E-state index contributed by atoms with van der Waals surface area (Å²) in [6.45, 7) is 6.74. The van der Waals surface area contributed by atoms with Gasteiger partial charge in [-0.1, -0.05) is 60.7 Å². The molecule has 2 aromatic rings. The van der Waals surface area contributed by atoms with Crippen molar-refractivity contribution in [1.82, 2.24) is 10.6 Å². The number of rotatable bonds is 11. The van der Waals surface area contributed by atoms with Crippen LogP contribution in [0.5, 0.6) is 0 Å². The number of hydrogen-bond donors (Lipinski definition) is 2. The molecule has 0 radical (unpaired) electrons. The van der Waals surface area contributed by atoms with E-state index in [9.17, 15) is 0 Å². The molecule has 0 aliphatic heterocycles. The molecular weight excluding hydrogens is 292 g/mol. The molecule has 0 aromatic heterocycles. The van der Waals surface area contributed by atoms with E-state index < -0.39 is 0 Å². The zero-order valence-electron chi connectivity index (χ0n) is 15.2. The predicted molar refractivity (Wildman–Crippen MR) is 104 cm³/mol. The van der Waals surface area contributed by atoms with Crippen LogP contribution in [0.2, 0.25) is 0 Å². The molecule has 0 saturated carbocycles. The van der Waals surface area contributed by atoms with Gasteiger partial charge in [-0.15, -0.1) is 0 Å².